The number of sulfonamides is 1. The number of aliphatic hydroxyl groups excluding tert-OH is 1. The minimum Gasteiger partial charge on any atom is -0.396 e. The Morgan fingerprint density at radius 1 is 1.37 bits per heavy atom. The molecule has 0 radical (unpaired) electrons. The maximum Gasteiger partial charge on any atom is 0.417 e. The van der Waals surface area contributed by atoms with E-state index >= 15 is 0 Å². The number of H-pyrrole nitrogens is 1. The molecule has 27 heavy (non-hydrogen) atoms. The van der Waals surface area contributed by atoms with Gasteiger partial charge in [-0.2, -0.15) is 22.6 Å². The summed E-state index contributed by atoms with van der Waals surface area (Å²) in [7, 11) is -3.38. The van der Waals surface area contributed by atoms with Gasteiger partial charge in [0.25, 0.3) is 0 Å². The zero-order chi connectivity index (χ0) is 19.8. The number of aromatic amines is 1. The molecule has 6 nitrogen and oxygen atoms in total. The van der Waals surface area contributed by atoms with Crippen molar-refractivity contribution in [3.05, 3.63) is 35.0 Å². The van der Waals surface area contributed by atoms with Crippen molar-refractivity contribution in [1.29, 1.82) is 0 Å². The van der Waals surface area contributed by atoms with Crippen molar-refractivity contribution in [2.75, 3.05) is 25.2 Å². The first kappa shape index (κ1) is 20.2. The number of halogens is 3. The number of benzene rings is 1. The molecule has 2 N–H and O–H groups in total. The largest absolute Gasteiger partial charge is 0.417 e. The second-order valence-electron chi connectivity index (χ2n) is 6.16. The van der Waals surface area contributed by atoms with Gasteiger partial charge in [-0.1, -0.05) is 6.07 Å². The summed E-state index contributed by atoms with van der Waals surface area (Å²) < 4.78 is 64.7. The molecule has 0 fully saturated rings. The lowest BCUT2D eigenvalue weighted by molar-refractivity contribution is -0.139. The zero-order valence-corrected chi connectivity index (χ0v) is 16.0. The van der Waals surface area contributed by atoms with Crippen LogP contribution in [-0.4, -0.2) is 53.2 Å². The second kappa shape index (κ2) is 7.46. The predicted octanol–water partition coefficient (Wildman–Crippen LogP) is 2.50. The van der Waals surface area contributed by atoms with E-state index in [0.29, 0.717) is 29.8 Å². The number of nitrogens with one attached hydrogen (secondary N) is 1. The number of alkyl halides is 3. The maximum atomic E-state index is 13.2. The Balaban J connectivity index is 2.02. The molecule has 0 saturated heterocycles. The fraction of sp³-hybridized carbons (Fsp3) is 0.438. The SMILES string of the molecule is CS(=O)(=O)N1CCc2[nH]nc(-c3ccc(C(F)(F)F)c(SCCO)c3)c2C1. The van der Waals surface area contributed by atoms with Crippen LogP contribution in [0.5, 0.6) is 0 Å². The summed E-state index contributed by atoms with van der Waals surface area (Å²) in [6.07, 6.45) is -2.92. The van der Waals surface area contributed by atoms with Gasteiger partial charge in [0.2, 0.25) is 10.0 Å². The third kappa shape index (κ3) is 4.31. The van der Waals surface area contributed by atoms with Crippen molar-refractivity contribution in [2.45, 2.75) is 24.0 Å². The van der Waals surface area contributed by atoms with Crippen molar-refractivity contribution < 1.29 is 26.7 Å². The van der Waals surface area contributed by atoms with Gasteiger partial charge < -0.3 is 5.11 Å². The standard InChI is InChI=1S/C16H18F3N3O3S2/c1-27(24,25)22-5-4-13-11(9-22)15(21-20-13)10-2-3-12(16(17,18)19)14(8-10)26-7-6-23/h2-3,8,23H,4-7,9H2,1H3,(H,20,21). The van der Waals surface area contributed by atoms with E-state index in [9.17, 15) is 21.6 Å². The van der Waals surface area contributed by atoms with Gasteiger partial charge in [-0.3, -0.25) is 5.10 Å². The van der Waals surface area contributed by atoms with Gasteiger partial charge >= 0.3 is 6.18 Å². The molecule has 0 saturated carbocycles. The Morgan fingerprint density at radius 3 is 2.74 bits per heavy atom. The average molecular weight is 421 g/mol. The highest BCUT2D eigenvalue weighted by Gasteiger charge is 2.34. The third-order valence-corrected chi connectivity index (χ3v) is 6.56. The van der Waals surface area contributed by atoms with Crippen molar-refractivity contribution in [1.82, 2.24) is 14.5 Å². The minimum atomic E-state index is -4.51. The van der Waals surface area contributed by atoms with E-state index in [4.69, 9.17) is 5.11 Å². The molecule has 0 spiro atoms. The highest BCUT2D eigenvalue weighted by Crippen LogP contribution is 2.39. The predicted molar refractivity (Wildman–Crippen MR) is 95.8 cm³/mol. The van der Waals surface area contributed by atoms with E-state index in [1.54, 1.807) is 0 Å². The Labute approximate surface area is 158 Å². The lowest BCUT2D eigenvalue weighted by atomic mass is 10.0. The van der Waals surface area contributed by atoms with Gasteiger partial charge in [0.15, 0.2) is 0 Å². The average Bonchev–Trinajstić information content (AvgIpc) is 3.01. The third-order valence-electron chi connectivity index (χ3n) is 4.28. The van der Waals surface area contributed by atoms with E-state index in [2.05, 4.69) is 10.2 Å². The van der Waals surface area contributed by atoms with Crippen LogP contribution in [0.25, 0.3) is 11.3 Å². The minimum absolute atomic E-state index is 0.00146. The molecule has 1 aromatic carbocycles. The Kier molecular flexibility index (Phi) is 5.57. The molecule has 3 rings (SSSR count). The molecule has 0 atom stereocenters. The van der Waals surface area contributed by atoms with Crippen LogP contribution >= 0.6 is 11.8 Å². The number of hydrogen-bond donors (Lipinski definition) is 2. The fourth-order valence-corrected chi connectivity index (χ4v) is 4.62. The number of rotatable bonds is 5. The van der Waals surface area contributed by atoms with Crippen LogP contribution in [0.2, 0.25) is 0 Å². The Hall–Kier alpha value is -1.56. The Morgan fingerprint density at radius 2 is 2.11 bits per heavy atom. The molecule has 0 bridgehead atoms. The van der Waals surface area contributed by atoms with Gasteiger partial charge in [0, 0.05) is 47.0 Å². The molecule has 1 aliphatic rings. The number of nitrogens with zero attached hydrogens (tertiary/aromatic N) is 2. The molecule has 148 valence electrons. The Bertz CT molecular complexity index is 942. The molecule has 2 heterocycles. The lowest BCUT2D eigenvalue weighted by Crippen LogP contribution is -2.35. The van der Waals surface area contributed by atoms with Crippen LogP contribution in [0.4, 0.5) is 13.2 Å². The van der Waals surface area contributed by atoms with Gasteiger partial charge in [-0.25, -0.2) is 8.42 Å². The molecule has 1 aliphatic heterocycles. The second-order valence-corrected chi connectivity index (χ2v) is 9.28. The first-order valence-electron chi connectivity index (χ1n) is 8.07. The van der Waals surface area contributed by atoms with E-state index in [0.717, 1.165) is 29.8 Å². The summed E-state index contributed by atoms with van der Waals surface area (Å²) >= 11 is 0.913. The van der Waals surface area contributed by atoms with Crippen LogP contribution in [0.3, 0.4) is 0 Å². The molecule has 0 aliphatic carbocycles. The van der Waals surface area contributed by atoms with Crippen LogP contribution < -0.4 is 0 Å². The van der Waals surface area contributed by atoms with Gasteiger partial charge in [-0.05, 0) is 12.1 Å². The fourth-order valence-electron chi connectivity index (χ4n) is 2.97. The molecule has 0 amide bonds. The number of thioether (sulfide) groups is 1. The van der Waals surface area contributed by atoms with Crippen LogP contribution in [0.1, 0.15) is 16.8 Å². The zero-order valence-electron chi connectivity index (χ0n) is 14.4. The van der Waals surface area contributed by atoms with E-state index < -0.39 is 21.8 Å². The van der Waals surface area contributed by atoms with Crippen molar-refractivity contribution in [2.24, 2.45) is 0 Å². The molecule has 1 aromatic heterocycles. The molecular formula is C16H18F3N3O3S2. The molecule has 11 heteroatoms. The van der Waals surface area contributed by atoms with E-state index in [-0.39, 0.29) is 23.8 Å². The number of hydrogen-bond acceptors (Lipinski definition) is 5. The molecular weight excluding hydrogens is 403 g/mol. The summed E-state index contributed by atoms with van der Waals surface area (Å²) in [5.41, 5.74) is 1.60. The summed E-state index contributed by atoms with van der Waals surface area (Å²) in [6.45, 7) is 0.214. The number of fused-ring (bicyclic) bond motifs is 1. The van der Waals surface area contributed by atoms with Crippen LogP contribution in [0.15, 0.2) is 23.1 Å². The van der Waals surface area contributed by atoms with Gasteiger partial charge in [-0.15, -0.1) is 11.8 Å². The van der Waals surface area contributed by atoms with Crippen LogP contribution in [0, 0.1) is 0 Å². The van der Waals surface area contributed by atoms with Crippen LogP contribution in [-0.2, 0) is 29.2 Å². The highest BCUT2D eigenvalue weighted by molar-refractivity contribution is 7.99. The van der Waals surface area contributed by atoms with Crippen molar-refractivity contribution in [3.8, 4) is 11.3 Å². The van der Waals surface area contributed by atoms with Gasteiger partial charge in [0.05, 0.1) is 24.1 Å². The quantitative estimate of drug-likeness (QED) is 0.725. The smallest absolute Gasteiger partial charge is 0.396 e. The van der Waals surface area contributed by atoms with Crippen molar-refractivity contribution >= 4 is 21.8 Å². The number of aromatic nitrogens is 2. The summed E-state index contributed by atoms with van der Waals surface area (Å²) in [5, 5.41) is 16.0. The first-order chi connectivity index (χ1) is 12.6. The van der Waals surface area contributed by atoms with Crippen molar-refractivity contribution in [3.63, 3.8) is 0 Å². The normalized spacial score (nSPS) is 15.7. The number of aliphatic hydroxyl groups is 1. The van der Waals surface area contributed by atoms with E-state index in [1.165, 1.54) is 16.4 Å². The summed E-state index contributed by atoms with van der Waals surface area (Å²) in [5.74, 6) is 0.132. The first-order valence-corrected chi connectivity index (χ1v) is 10.9. The van der Waals surface area contributed by atoms with E-state index in [1.807, 2.05) is 0 Å². The summed E-state index contributed by atoms with van der Waals surface area (Å²) in [6, 6.07) is 3.72. The maximum absolute atomic E-state index is 13.2. The summed E-state index contributed by atoms with van der Waals surface area (Å²) in [4.78, 5) is 0.00146. The molecule has 2 aromatic rings. The topological polar surface area (TPSA) is 86.3 Å². The van der Waals surface area contributed by atoms with Gasteiger partial charge in [0.1, 0.15) is 0 Å². The molecule has 0 unspecified atom stereocenters. The highest BCUT2D eigenvalue weighted by atomic mass is 32.2. The lowest BCUT2D eigenvalue weighted by Gasteiger charge is -2.24. The monoisotopic (exact) mass is 421 g/mol.